The van der Waals surface area contributed by atoms with E-state index in [1.165, 1.54) is 10.4 Å². The van der Waals surface area contributed by atoms with Gasteiger partial charge in [0.2, 0.25) is 17.6 Å². The summed E-state index contributed by atoms with van der Waals surface area (Å²) in [4.78, 5) is 20.4. The summed E-state index contributed by atoms with van der Waals surface area (Å²) in [5.74, 6) is 1.06. The second-order valence-electron chi connectivity index (χ2n) is 6.39. The molecular weight excluding hydrogens is 348 g/mol. The molecule has 0 bridgehead atoms. The first kappa shape index (κ1) is 16.9. The summed E-state index contributed by atoms with van der Waals surface area (Å²) in [5.41, 5.74) is 2.17. The second kappa shape index (κ2) is 7.39. The van der Waals surface area contributed by atoms with Crippen LogP contribution in [0.15, 0.2) is 46.3 Å². The molecule has 4 rings (SSSR count). The lowest BCUT2D eigenvalue weighted by Crippen LogP contribution is -2.55. The molecular formula is C19H20N4O2S. The molecule has 0 spiro atoms. The average molecular weight is 368 g/mol. The van der Waals surface area contributed by atoms with Crippen LogP contribution in [0.5, 0.6) is 0 Å². The third kappa shape index (κ3) is 3.54. The fourth-order valence-electron chi connectivity index (χ4n) is 3.13. The maximum absolute atomic E-state index is 12.5. The number of amides is 1. The molecule has 1 aromatic carbocycles. The number of rotatable bonds is 5. The smallest absolute Gasteiger partial charge is 0.237 e. The standard InChI is InChI=1S/C19H20N4O2S/c1-13-7-10-26-16(13)12-23-9-8-20-19(24)15(23)11-17-21-18(22-25-17)14-5-3-2-4-6-14/h2-7,10,15H,8-9,11-12H2,1H3,(H,20,24). The van der Waals surface area contributed by atoms with Crippen molar-refractivity contribution in [3.63, 3.8) is 0 Å². The molecule has 134 valence electrons. The first-order valence-corrected chi connectivity index (χ1v) is 9.51. The summed E-state index contributed by atoms with van der Waals surface area (Å²) in [5, 5.41) is 9.10. The molecule has 6 nitrogen and oxygen atoms in total. The molecule has 1 unspecified atom stereocenters. The minimum atomic E-state index is -0.297. The Bertz CT molecular complexity index is 890. The first-order chi connectivity index (χ1) is 12.7. The van der Waals surface area contributed by atoms with Gasteiger partial charge in [-0.2, -0.15) is 4.98 Å². The van der Waals surface area contributed by atoms with Crippen molar-refractivity contribution in [2.75, 3.05) is 13.1 Å². The normalized spacial score (nSPS) is 18.0. The molecule has 2 aromatic heterocycles. The summed E-state index contributed by atoms with van der Waals surface area (Å²) in [6.45, 7) is 4.35. The number of benzene rings is 1. The zero-order valence-electron chi connectivity index (χ0n) is 14.5. The topological polar surface area (TPSA) is 71.3 Å². The largest absolute Gasteiger partial charge is 0.353 e. The van der Waals surface area contributed by atoms with Gasteiger partial charge in [0, 0.05) is 30.1 Å². The van der Waals surface area contributed by atoms with Crippen molar-refractivity contribution in [3.8, 4) is 11.4 Å². The van der Waals surface area contributed by atoms with Crippen LogP contribution in [0.3, 0.4) is 0 Å². The van der Waals surface area contributed by atoms with E-state index in [4.69, 9.17) is 4.52 Å². The molecule has 0 saturated carbocycles. The van der Waals surface area contributed by atoms with E-state index in [1.807, 2.05) is 30.3 Å². The van der Waals surface area contributed by atoms with Gasteiger partial charge in [-0.15, -0.1) is 11.3 Å². The van der Waals surface area contributed by atoms with Crippen LogP contribution in [-0.2, 0) is 17.8 Å². The lowest BCUT2D eigenvalue weighted by atomic mass is 10.1. The number of nitrogens with one attached hydrogen (secondary N) is 1. The van der Waals surface area contributed by atoms with Crippen molar-refractivity contribution in [1.29, 1.82) is 0 Å². The number of carbonyl (C=O) groups excluding carboxylic acids is 1. The van der Waals surface area contributed by atoms with E-state index in [0.717, 1.165) is 18.7 Å². The molecule has 0 aliphatic carbocycles. The zero-order valence-corrected chi connectivity index (χ0v) is 15.3. The summed E-state index contributed by atoms with van der Waals surface area (Å²) in [7, 11) is 0. The van der Waals surface area contributed by atoms with E-state index in [9.17, 15) is 4.79 Å². The Morgan fingerprint density at radius 1 is 1.31 bits per heavy atom. The van der Waals surface area contributed by atoms with Crippen molar-refractivity contribution in [2.45, 2.75) is 25.9 Å². The van der Waals surface area contributed by atoms with Gasteiger partial charge in [-0.05, 0) is 23.9 Å². The molecule has 1 aliphatic rings. The van der Waals surface area contributed by atoms with E-state index >= 15 is 0 Å². The Kier molecular flexibility index (Phi) is 4.81. The van der Waals surface area contributed by atoms with E-state index in [-0.39, 0.29) is 11.9 Å². The number of hydrogen-bond acceptors (Lipinski definition) is 6. The van der Waals surface area contributed by atoms with Crippen LogP contribution in [0.2, 0.25) is 0 Å². The molecule has 26 heavy (non-hydrogen) atoms. The van der Waals surface area contributed by atoms with E-state index in [1.54, 1.807) is 11.3 Å². The third-order valence-electron chi connectivity index (χ3n) is 4.62. The molecule has 1 fully saturated rings. The summed E-state index contributed by atoms with van der Waals surface area (Å²) >= 11 is 1.73. The van der Waals surface area contributed by atoms with Crippen molar-refractivity contribution < 1.29 is 9.32 Å². The van der Waals surface area contributed by atoms with Gasteiger partial charge in [-0.25, -0.2) is 0 Å². The number of aryl methyl sites for hydroxylation is 1. The highest BCUT2D eigenvalue weighted by Crippen LogP contribution is 2.22. The number of thiophene rings is 1. The molecule has 1 atom stereocenters. The van der Waals surface area contributed by atoms with Crippen LogP contribution in [-0.4, -0.2) is 40.1 Å². The molecule has 1 amide bonds. The monoisotopic (exact) mass is 368 g/mol. The summed E-state index contributed by atoms with van der Waals surface area (Å²) < 4.78 is 5.41. The molecule has 7 heteroatoms. The molecule has 3 aromatic rings. The highest BCUT2D eigenvalue weighted by Gasteiger charge is 2.32. The minimum absolute atomic E-state index is 0.0184. The molecule has 1 N–H and O–H groups in total. The van der Waals surface area contributed by atoms with Crippen LogP contribution < -0.4 is 5.32 Å². The highest BCUT2D eigenvalue weighted by atomic mass is 32.1. The average Bonchev–Trinajstić information content (AvgIpc) is 3.28. The van der Waals surface area contributed by atoms with Crippen molar-refractivity contribution in [2.24, 2.45) is 0 Å². The Morgan fingerprint density at radius 2 is 2.15 bits per heavy atom. The second-order valence-corrected chi connectivity index (χ2v) is 7.39. The fourth-order valence-corrected chi connectivity index (χ4v) is 4.06. The molecule has 1 saturated heterocycles. The molecule has 0 radical (unpaired) electrons. The number of nitrogens with zero attached hydrogens (tertiary/aromatic N) is 3. The number of carbonyl (C=O) groups is 1. The predicted octanol–water partition coefficient (Wildman–Crippen LogP) is 2.65. The minimum Gasteiger partial charge on any atom is -0.353 e. The van der Waals surface area contributed by atoms with Crippen LogP contribution >= 0.6 is 11.3 Å². The quantitative estimate of drug-likeness (QED) is 0.750. The van der Waals surface area contributed by atoms with Crippen molar-refractivity contribution in [1.82, 2.24) is 20.4 Å². The highest BCUT2D eigenvalue weighted by molar-refractivity contribution is 7.10. The van der Waals surface area contributed by atoms with Gasteiger partial charge in [-0.3, -0.25) is 9.69 Å². The predicted molar refractivity (Wildman–Crippen MR) is 99.7 cm³/mol. The SMILES string of the molecule is Cc1ccsc1CN1CCNC(=O)C1Cc1nc(-c2ccccc2)no1. The van der Waals surface area contributed by atoms with Gasteiger partial charge < -0.3 is 9.84 Å². The van der Waals surface area contributed by atoms with Gasteiger partial charge in [-0.1, -0.05) is 35.5 Å². The maximum atomic E-state index is 12.5. The number of aromatic nitrogens is 2. The Labute approximate surface area is 155 Å². The Hall–Kier alpha value is -2.51. The maximum Gasteiger partial charge on any atom is 0.237 e. The molecule has 1 aliphatic heterocycles. The van der Waals surface area contributed by atoms with Crippen molar-refractivity contribution >= 4 is 17.2 Å². The van der Waals surface area contributed by atoms with Crippen LogP contribution in [0.1, 0.15) is 16.3 Å². The Morgan fingerprint density at radius 3 is 2.92 bits per heavy atom. The lowest BCUT2D eigenvalue weighted by molar-refractivity contribution is -0.129. The van der Waals surface area contributed by atoms with Crippen LogP contribution in [0.4, 0.5) is 0 Å². The summed E-state index contributed by atoms with van der Waals surface area (Å²) in [6, 6.07) is 11.5. The lowest BCUT2D eigenvalue weighted by Gasteiger charge is -2.34. The van der Waals surface area contributed by atoms with Crippen molar-refractivity contribution in [3.05, 3.63) is 58.1 Å². The summed E-state index contributed by atoms with van der Waals surface area (Å²) in [6.07, 6.45) is 0.413. The van der Waals surface area contributed by atoms with E-state index in [0.29, 0.717) is 24.7 Å². The van der Waals surface area contributed by atoms with Gasteiger partial charge >= 0.3 is 0 Å². The van der Waals surface area contributed by atoms with Gasteiger partial charge in [0.05, 0.1) is 12.5 Å². The number of piperazine rings is 1. The zero-order chi connectivity index (χ0) is 17.9. The van der Waals surface area contributed by atoms with Crippen LogP contribution in [0.25, 0.3) is 11.4 Å². The van der Waals surface area contributed by atoms with E-state index < -0.39 is 0 Å². The Balaban J connectivity index is 1.52. The van der Waals surface area contributed by atoms with Crippen LogP contribution in [0, 0.1) is 6.92 Å². The molecule has 3 heterocycles. The number of hydrogen-bond donors (Lipinski definition) is 1. The van der Waals surface area contributed by atoms with Gasteiger partial charge in [0.1, 0.15) is 0 Å². The van der Waals surface area contributed by atoms with E-state index in [2.05, 4.69) is 38.7 Å². The van der Waals surface area contributed by atoms with Gasteiger partial charge in [0.25, 0.3) is 0 Å². The third-order valence-corrected chi connectivity index (χ3v) is 5.63. The van der Waals surface area contributed by atoms with Gasteiger partial charge in [0.15, 0.2) is 0 Å². The fraction of sp³-hybridized carbons (Fsp3) is 0.316. The first-order valence-electron chi connectivity index (χ1n) is 8.63.